The van der Waals surface area contributed by atoms with Gasteiger partial charge in [-0.1, -0.05) is 12.1 Å². The maximum atomic E-state index is 11.1. The van der Waals surface area contributed by atoms with Crippen LogP contribution >= 0.6 is 11.8 Å². The van der Waals surface area contributed by atoms with Crippen LogP contribution in [0.2, 0.25) is 0 Å². The highest BCUT2D eigenvalue weighted by Gasteiger charge is 1.98. The average molecular weight is 210 g/mol. The molecule has 3 nitrogen and oxygen atoms in total. The van der Waals surface area contributed by atoms with Crippen molar-refractivity contribution in [2.75, 3.05) is 17.7 Å². The van der Waals surface area contributed by atoms with E-state index in [-0.39, 0.29) is 5.91 Å². The lowest BCUT2D eigenvalue weighted by Crippen LogP contribution is -2.24. The van der Waals surface area contributed by atoms with Crippen molar-refractivity contribution in [3.63, 3.8) is 0 Å². The molecule has 0 saturated carbocycles. The lowest BCUT2D eigenvalue weighted by molar-refractivity contribution is -0.118. The Labute approximate surface area is 88.1 Å². The van der Waals surface area contributed by atoms with E-state index in [4.69, 9.17) is 5.73 Å². The number of hydrogen-bond acceptors (Lipinski definition) is 3. The Morgan fingerprint density at radius 3 is 2.64 bits per heavy atom. The smallest absolute Gasteiger partial charge is 0.230 e. The van der Waals surface area contributed by atoms with Crippen molar-refractivity contribution in [2.24, 2.45) is 0 Å². The Bertz CT molecular complexity index is 297. The van der Waals surface area contributed by atoms with Gasteiger partial charge < -0.3 is 11.1 Å². The lowest BCUT2D eigenvalue weighted by Gasteiger charge is -2.04. The van der Waals surface area contributed by atoms with E-state index in [0.717, 1.165) is 11.3 Å². The third-order valence-corrected chi connectivity index (χ3v) is 2.30. The van der Waals surface area contributed by atoms with E-state index < -0.39 is 0 Å². The summed E-state index contributed by atoms with van der Waals surface area (Å²) in [6, 6.07) is 7.48. The minimum atomic E-state index is 0.0642. The van der Waals surface area contributed by atoms with Gasteiger partial charge in [0.2, 0.25) is 5.91 Å². The Morgan fingerprint density at radius 2 is 2.07 bits per heavy atom. The summed E-state index contributed by atoms with van der Waals surface area (Å²) in [6.07, 6.45) is 1.91. The van der Waals surface area contributed by atoms with Crippen LogP contribution in [-0.4, -0.2) is 17.9 Å². The predicted molar refractivity (Wildman–Crippen MR) is 61.1 cm³/mol. The molecular weight excluding hydrogens is 196 g/mol. The Morgan fingerprint density at radius 1 is 1.43 bits per heavy atom. The van der Waals surface area contributed by atoms with Gasteiger partial charge in [-0.3, -0.25) is 4.79 Å². The largest absolute Gasteiger partial charge is 0.399 e. The van der Waals surface area contributed by atoms with Crippen LogP contribution < -0.4 is 11.1 Å². The first-order valence-corrected chi connectivity index (χ1v) is 5.72. The maximum Gasteiger partial charge on any atom is 0.230 e. The van der Waals surface area contributed by atoms with Gasteiger partial charge in [0.15, 0.2) is 0 Å². The number of nitrogen functional groups attached to an aromatic ring is 1. The molecule has 0 spiro atoms. The van der Waals surface area contributed by atoms with Crippen LogP contribution in [0.1, 0.15) is 5.56 Å². The molecule has 1 rings (SSSR count). The number of nitrogens with two attached hydrogens (primary N) is 1. The molecule has 0 aliphatic carbocycles. The Balaban J connectivity index is 2.38. The molecule has 0 radical (unpaired) electrons. The molecular formula is C10H14N2OS. The highest BCUT2D eigenvalue weighted by atomic mass is 32.2. The highest BCUT2D eigenvalue weighted by molar-refractivity contribution is 7.99. The summed E-state index contributed by atoms with van der Waals surface area (Å²) < 4.78 is 0. The fraction of sp³-hybridized carbons (Fsp3) is 0.300. The monoisotopic (exact) mass is 210 g/mol. The van der Waals surface area contributed by atoms with Crippen molar-refractivity contribution in [1.82, 2.24) is 5.32 Å². The minimum absolute atomic E-state index is 0.0642. The number of nitrogens with one attached hydrogen (secondary N) is 1. The summed E-state index contributed by atoms with van der Waals surface area (Å²) in [5, 5.41) is 2.82. The van der Waals surface area contributed by atoms with E-state index >= 15 is 0 Å². The van der Waals surface area contributed by atoms with Gasteiger partial charge in [-0.05, 0) is 24.0 Å². The van der Waals surface area contributed by atoms with Gasteiger partial charge in [-0.15, -0.1) is 0 Å². The Hall–Kier alpha value is -1.16. The molecule has 0 heterocycles. The van der Waals surface area contributed by atoms with Gasteiger partial charge in [-0.2, -0.15) is 11.8 Å². The molecule has 0 saturated heterocycles. The maximum absolute atomic E-state index is 11.1. The van der Waals surface area contributed by atoms with Crippen LogP contribution in [0.5, 0.6) is 0 Å². The molecule has 14 heavy (non-hydrogen) atoms. The summed E-state index contributed by atoms with van der Waals surface area (Å²) in [4.78, 5) is 11.1. The van der Waals surface area contributed by atoms with Crippen LogP contribution in [0, 0.1) is 0 Å². The van der Waals surface area contributed by atoms with Crippen LogP contribution in [0.3, 0.4) is 0 Å². The molecule has 0 bridgehead atoms. The second kappa shape index (κ2) is 5.54. The molecule has 4 heteroatoms. The molecule has 76 valence electrons. The zero-order valence-electron chi connectivity index (χ0n) is 8.12. The standard InChI is InChI=1S/C10H14N2OS/c1-14-7-10(13)12-6-8-2-4-9(11)5-3-8/h2-5H,6-7,11H2,1H3,(H,12,13). The van der Waals surface area contributed by atoms with Crippen LogP contribution in [-0.2, 0) is 11.3 Å². The number of thioether (sulfide) groups is 1. The first kappa shape index (κ1) is 10.9. The van der Waals surface area contributed by atoms with Crippen molar-refractivity contribution in [3.8, 4) is 0 Å². The van der Waals surface area contributed by atoms with Crippen LogP contribution in [0.4, 0.5) is 5.69 Å². The molecule has 0 atom stereocenters. The SMILES string of the molecule is CSCC(=O)NCc1ccc(N)cc1. The third kappa shape index (κ3) is 3.70. The number of hydrogen-bond donors (Lipinski definition) is 2. The van der Waals surface area contributed by atoms with E-state index in [1.165, 1.54) is 11.8 Å². The summed E-state index contributed by atoms with van der Waals surface area (Å²) >= 11 is 1.52. The van der Waals surface area contributed by atoms with Crippen molar-refractivity contribution in [2.45, 2.75) is 6.54 Å². The van der Waals surface area contributed by atoms with Gasteiger partial charge in [0.05, 0.1) is 5.75 Å². The van der Waals surface area contributed by atoms with Crippen molar-refractivity contribution in [1.29, 1.82) is 0 Å². The molecule has 1 aromatic carbocycles. The molecule has 1 amide bonds. The second-order valence-corrected chi connectivity index (χ2v) is 3.82. The van der Waals surface area contributed by atoms with Crippen molar-refractivity contribution < 1.29 is 4.79 Å². The minimum Gasteiger partial charge on any atom is -0.399 e. The first-order chi connectivity index (χ1) is 6.72. The number of benzene rings is 1. The van der Waals surface area contributed by atoms with Gasteiger partial charge in [0, 0.05) is 12.2 Å². The Kier molecular flexibility index (Phi) is 4.32. The zero-order valence-corrected chi connectivity index (χ0v) is 8.93. The first-order valence-electron chi connectivity index (χ1n) is 4.32. The summed E-state index contributed by atoms with van der Waals surface area (Å²) in [6.45, 7) is 0.569. The van der Waals surface area contributed by atoms with Gasteiger partial charge in [0.1, 0.15) is 0 Å². The topological polar surface area (TPSA) is 55.1 Å². The molecule has 0 aromatic heterocycles. The normalized spacial score (nSPS) is 9.79. The van der Waals surface area contributed by atoms with Gasteiger partial charge >= 0.3 is 0 Å². The van der Waals surface area contributed by atoms with Crippen molar-refractivity contribution >= 4 is 23.4 Å². The molecule has 0 fully saturated rings. The summed E-state index contributed by atoms with van der Waals surface area (Å²) in [5.74, 6) is 0.573. The molecule has 1 aromatic rings. The quantitative estimate of drug-likeness (QED) is 0.735. The second-order valence-electron chi connectivity index (χ2n) is 2.95. The van der Waals surface area contributed by atoms with E-state index in [1.54, 1.807) is 0 Å². The predicted octanol–water partition coefficient (Wildman–Crippen LogP) is 1.25. The third-order valence-electron chi connectivity index (χ3n) is 1.74. The fourth-order valence-electron chi connectivity index (χ4n) is 1.02. The van der Waals surface area contributed by atoms with E-state index in [0.29, 0.717) is 12.3 Å². The average Bonchev–Trinajstić information content (AvgIpc) is 2.17. The molecule has 0 aliphatic heterocycles. The van der Waals surface area contributed by atoms with Crippen LogP contribution in [0.25, 0.3) is 0 Å². The highest BCUT2D eigenvalue weighted by Crippen LogP contribution is 2.04. The molecule has 0 unspecified atom stereocenters. The number of carbonyl (C=O) groups is 1. The number of carbonyl (C=O) groups excluding carboxylic acids is 1. The molecule has 3 N–H and O–H groups in total. The number of rotatable bonds is 4. The van der Waals surface area contributed by atoms with Crippen molar-refractivity contribution in [3.05, 3.63) is 29.8 Å². The zero-order chi connectivity index (χ0) is 10.4. The summed E-state index contributed by atoms with van der Waals surface area (Å²) in [5.41, 5.74) is 7.34. The molecule has 0 aliphatic rings. The lowest BCUT2D eigenvalue weighted by atomic mass is 10.2. The van der Waals surface area contributed by atoms with E-state index in [2.05, 4.69) is 5.32 Å². The van der Waals surface area contributed by atoms with E-state index in [1.807, 2.05) is 30.5 Å². The number of amides is 1. The van der Waals surface area contributed by atoms with Gasteiger partial charge in [-0.25, -0.2) is 0 Å². The summed E-state index contributed by atoms with van der Waals surface area (Å²) in [7, 11) is 0. The fourth-order valence-corrected chi connectivity index (χ4v) is 1.38. The van der Waals surface area contributed by atoms with Gasteiger partial charge in [0.25, 0.3) is 0 Å². The van der Waals surface area contributed by atoms with Crippen LogP contribution in [0.15, 0.2) is 24.3 Å². The van der Waals surface area contributed by atoms with E-state index in [9.17, 15) is 4.79 Å². The number of anilines is 1.